The van der Waals surface area contributed by atoms with Crippen LogP contribution in [0.2, 0.25) is 0 Å². The summed E-state index contributed by atoms with van der Waals surface area (Å²) in [6.07, 6.45) is -4.20. The number of ether oxygens (including phenoxy) is 2. The highest BCUT2D eigenvalue weighted by Crippen LogP contribution is 2.31. The lowest BCUT2D eigenvalue weighted by molar-refractivity contribution is -0.137. The first kappa shape index (κ1) is 16.8. The Morgan fingerprint density at radius 2 is 1.92 bits per heavy atom. The summed E-state index contributed by atoms with van der Waals surface area (Å²) in [7, 11) is 0. The molecule has 0 fully saturated rings. The third-order valence-electron chi connectivity index (χ3n) is 3.40. The van der Waals surface area contributed by atoms with Crippen LogP contribution >= 0.6 is 0 Å². The van der Waals surface area contributed by atoms with E-state index in [1.807, 2.05) is 0 Å². The Labute approximate surface area is 141 Å². The molecule has 0 spiro atoms. The maximum atomic E-state index is 12.6. The van der Waals surface area contributed by atoms with E-state index in [1.54, 1.807) is 24.3 Å². The van der Waals surface area contributed by atoms with Gasteiger partial charge >= 0.3 is 6.18 Å². The van der Waals surface area contributed by atoms with Crippen molar-refractivity contribution in [2.75, 3.05) is 6.61 Å². The molecule has 1 heterocycles. The minimum Gasteiger partial charge on any atom is -0.485 e. The standard InChI is InChI=1S/C17H13F3N2O3/c18-17(19,20)12-5-3-4-11(8-12)9-21-22-16(23)15-10-24-13-6-1-2-7-14(13)25-15/h1-9,15H,10H2,(H,22,23)/b21-9-/t15-/m1/s1. The third kappa shape index (κ3) is 4.09. The molecule has 25 heavy (non-hydrogen) atoms. The van der Waals surface area contributed by atoms with Gasteiger partial charge < -0.3 is 9.47 Å². The van der Waals surface area contributed by atoms with E-state index in [2.05, 4.69) is 10.5 Å². The van der Waals surface area contributed by atoms with E-state index in [-0.39, 0.29) is 12.2 Å². The first-order valence-corrected chi connectivity index (χ1v) is 7.32. The number of nitrogens with one attached hydrogen (secondary N) is 1. The fourth-order valence-corrected chi connectivity index (χ4v) is 2.19. The van der Waals surface area contributed by atoms with E-state index in [9.17, 15) is 18.0 Å². The van der Waals surface area contributed by atoms with Gasteiger partial charge in [-0.15, -0.1) is 0 Å². The number of benzene rings is 2. The summed E-state index contributed by atoms with van der Waals surface area (Å²) in [5.41, 5.74) is 1.66. The van der Waals surface area contributed by atoms with Crippen LogP contribution in [0.15, 0.2) is 53.6 Å². The molecule has 1 amide bonds. The molecule has 0 aromatic heterocycles. The number of hydrogen-bond acceptors (Lipinski definition) is 4. The molecule has 1 N–H and O–H groups in total. The minimum atomic E-state index is -4.44. The van der Waals surface area contributed by atoms with E-state index in [0.29, 0.717) is 11.5 Å². The van der Waals surface area contributed by atoms with Gasteiger partial charge in [0.25, 0.3) is 5.91 Å². The van der Waals surface area contributed by atoms with Crippen LogP contribution in [0.3, 0.4) is 0 Å². The van der Waals surface area contributed by atoms with Crippen molar-refractivity contribution in [1.29, 1.82) is 0 Å². The van der Waals surface area contributed by atoms with Gasteiger partial charge in [-0.1, -0.05) is 24.3 Å². The average molecular weight is 350 g/mol. The zero-order valence-corrected chi connectivity index (χ0v) is 12.8. The second kappa shape index (κ2) is 6.84. The molecule has 3 rings (SSSR count). The smallest absolute Gasteiger partial charge is 0.416 e. The number of carbonyl (C=O) groups is 1. The summed E-state index contributed by atoms with van der Waals surface area (Å²) >= 11 is 0. The normalized spacial score (nSPS) is 16.7. The number of halogens is 3. The maximum Gasteiger partial charge on any atom is 0.416 e. The summed E-state index contributed by atoms with van der Waals surface area (Å²) in [5, 5.41) is 3.67. The molecular formula is C17H13F3N2O3. The van der Waals surface area contributed by atoms with Crippen molar-refractivity contribution < 1.29 is 27.4 Å². The van der Waals surface area contributed by atoms with Gasteiger partial charge in [0.05, 0.1) is 11.8 Å². The Balaban J connectivity index is 1.60. The number of alkyl halides is 3. The fraction of sp³-hybridized carbons (Fsp3) is 0.176. The second-order valence-corrected chi connectivity index (χ2v) is 5.22. The SMILES string of the molecule is O=C(N/N=C\c1cccc(C(F)(F)F)c1)[C@H]1COc2ccccc2O1. The average Bonchev–Trinajstić information content (AvgIpc) is 2.61. The number of para-hydroxylation sites is 2. The number of nitrogens with zero attached hydrogens (tertiary/aromatic N) is 1. The van der Waals surface area contributed by atoms with E-state index >= 15 is 0 Å². The van der Waals surface area contributed by atoms with Crippen LogP contribution in [0.4, 0.5) is 13.2 Å². The van der Waals surface area contributed by atoms with Crippen molar-refractivity contribution in [3.8, 4) is 11.5 Å². The highest BCUT2D eigenvalue weighted by Gasteiger charge is 2.30. The van der Waals surface area contributed by atoms with Gasteiger partial charge in [0, 0.05) is 0 Å². The Morgan fingerprint density at radius 3 is 2.68 bits per heavy atom. The summed E-state index contributed by atoms with van der Waals surface area (Å²) in [6.45, 7) is 0.0158. The number of rotatable bonds is 3. The topological polar surface area (TPSA) is 59.9 Å². The van der Waals surface area contributed by atoms with Gasteiger partial charge in [0.1, 0.15) is 6.61 Å². The zero-order valence-electron chi connectivity index (χ0n) is 12.8. The van der Waals surface area contributed by atoms with Gasteiger partial charge in [0.2, 0.25) is 6.10 Å². The number of hydrazone groups is 1. The van der Waals surface area contributed by atoms with Crippen molar-refractivity contribution in [3.05, 3.63) is 59.7 Å². The van der Waals surface area contributed by atoms with Crippen LogP contribution in [0.5, 0.6) is 11.5 Å². The molecule has 0 saturated heterocycles. The van der Waals surface area contributed by atoms with Crippen molar-refractivity contribution in [2.24, 2.45) is 5.10 Å². The van der Waals surface area contributed by atoms with Crippen molar-refractivity contribution >= 4 is 12.1 Å². The monoisotopic (exact) mass is 350 g/mol. The van der Waals surface area contributed by atoms with Crippen molar-refractivity contribution in [3.63, 3.8) is 0 Å². The van der Waals surface area contributed by atoms with Gasteiger partial charge in [-0.05, 0) is 29.8 Å². The Morgan fingerprint density at radius 1 is 1.16 bits per heavy atom. The van der Waals surface area contributed by atoms with Crippen LogP contribution in [0.25, 0.3) is 0 Å². The lowest BCUT2D eigenvalue weighted by Crippen LogP contribution is -2.42. The molecule has 130 valence electrons. The molecule has 2 aromatic carbocycles. The predicted molar refractivity (Wildman–Crippen MR) is 83.5 cm³/mol. The molecule has 0 bridgehead atoms. The quantitative estimate of drug-likeness (QED) is 0.684. The summed E-state index contributed by atoms with van der Waals surface area (Å²) in [5.74, 6) is 0.424. The summed E-state index contributed by atoms with van der Waals surface area (Å²) in [4.78, 5) is 12.0. The molecule has 1 aliphatic heterocycles. The molecule has 1 aliphatic rings. The van der Waals surface area contributed by atoms with Crippen LogP contribution in [-0.4, -0.2) is 24.8 Å². The van der Waals surface area contributed by atoms with Crippen LogP contribution in [0, 0.1) is 0 Å². The molecule has 2 aromatic rings. The lowest BCUT2D eigenvalue weighted by Gasteiger charge is -2.24. The summed E-state index contributed by atoms with van der Waals surface area (Å²) < 4.78 is 48.8. The Kier molecular flexibility index (Phi) is 4.60. The summed E-state index contributed by atoms with van der Waals surface area (Å²) in [6, 6.07) is 11.5. The molecule has 0 radical (unpaired) electrons. The number of fused-ring (bicyclic) bond motifs is 1. The van der Waals surface area contributed by atoms with Crippen LogP contribution in [-0.2, 0) is 11.0 Å². The van der Waals surface area contributed by atoms with Crippen LogP contribution in [0.1, 0.15) is 11.1 Å². The maximum absolute atomic E-state index is 12.6. The highest BCUT2D eigenvalue weighted by atomic mass is 19.4. The second-order valence-electron chi connectivity index (χ2n) is 5.22. The largest absolute Gasteiger partial charge is 0.485 e. The van der Waals surface area contributed by atoms with Gasteiger partial charge in [-0.25, -0.2) is 5.43 Å². The molecule has 0 unspecified atom stereocenters. The fourth-order valence-electron chi connectivity index (χ4n) is 2.19. The van der Waals surface area contributed by atoms with Crippen molar-refractivity contribution in [1.82, 2.24) is 5.43 Å². The van der Waals surface area contributed by atoms with Gasteiger partial charge in [0.15, 0.2) is 11.5 Å². The number of amides is 1. The van der Waals surface area contributed by atoms with E-state index in [4.69, 9.17) is 9.47 Å². The lowest BCUT2D eigenvalue weighted by atomic mass is 10.1. The van der Waals surface area contributed by atoms with E-state index < -0.39 is 23.8 Å². The van der Waals surface area contributed by atoms with Gasteiger partial charge in [-0.3, -0.25) is 4.79 Å². The first-order valence-electron chi connectivity index (χ1n) is 7.32. The molecule has 0 aliphatic carbocycles. The highest BCUT2D eigenvalue weighted by molar-refractivity contribution is 5.85. The molecule has 1 atom stereocenters. The Hall–Kier alpha value is -3.03. The molecule has 5 nitrogen and oxygen atoms in total. The number of hydrogen-bond donors (Lipinski definition) is 1. The third-order valence-corrected chi connectivity index (χ3v) is 3.40. The van der Waals surface area contributed by atoms with E-state index in [1.165, 1.54) is 12.1 Å². The minimum absolute atomic E-state index is 0.0158. The van der Waals surface area contributed by atoms with E-state index in [0.717, 1.165) is 18.3 Å². The molecule has 8 heteroatoms. The van der Waals surface area contributed by atoms with Crippen LogP contribution < -0.4 is 14.9 Å². The number of carbonyl (C=O) groups excluding carboxylic acids is 1. The first-order chi connectivity index (χ1) is 11.9. The van der Waals surface area contributed by atoms with Gasteiger partial charge in [-0.2, -0.15) is 18.3 Å². The van der Waals surface area contributed by atoms with Crippen molar-refractivity contribution in [2.45, 2.75) is 12.3 Å². The molecular weight excluding hydrogens is 337 g/mol. The zero-order chi connectivity index (χ0) is 17.9. The predicted octanol–water partition coefficient (Wildman–Crippen LogP) is 3.00. The Bertz CT molecular complexity index is 806. The molecule has 0 saturated carbocycles.